The van der Waals surface area contributed by atoms with Crippen molar-refractivity contribution in [1.29, 1.82) is 0 Å². The summed E-state index contributed by atoms with van der Waals surface area (Å²) < 4.78 is 57.8. The number of hydrogen-bond acceptors (Lipinski definition) is 10. The fraction of sp³-hybridized carbons (Fsp3) is 0.579. The molecule has 0 saturated heterocycles. The van der Waals surface area contributed by atoms with E-state index in [2.05, 4.69) is 15.6 Å². The van der Waals surface area contributed by atoms with Crippen LogP contribution in [0.25, 0.3) is 0 Å². The van der Waals surface area contributed by atoms with Crippen molar-refractivity contribution in [3.05, 3.63) is 40.9 Å². The zero-order valence-electron chi connectivity index (χ0n) is 19.4. The first-order chi connectivity index (χ1) is 15.8. The normalized spacial score (nSPS) is 13.3. The summed E-state index contributed by atoms with van der Waals surface area (Å²) >= 11 is 5.27. The molecule has 11 nitrogen and oxygen atoms in total. The topological polar surface area (TPSA) is 126 Å². The second-order valence-corrected chi connectivity index (χ2v) is 11.7. The number of nitrogens with one attached hydrogen (secondary N) is 2. The Morgan fingerprint density at radius 3 is 1.82 bits per heavy atom. The van der Waals surface area contributed by atoms with E-state index in [1.807, 2.05) is 0 Å². The lowest BCUT2D eigenvalue weighted by Gasteiger charge is -2.37. The molecule has 2 N–H and O–H groups in total. The molecule has 0 saturated carbocycles. The van der Waals surface area contributed by atoms with E-state index in [1.54, 1.807) is 59.1 Å². The Morgan fingerprint density at radius 2 is 1.45 bits per heavy atom. The molecular weight excluding hydrogens is 490 g/mol. The molecule has 1 heterocycles. The third-order valence-electron chi connectivity index (χ3n) is 4.49. The van der Waals surface area contributed by atoms with Gasteiger partial charge in [0, 0.05) is 0 Å². The average molecular weight is 523 g/mol. The second-order valence-electron chi connectivity index (χ2n) is 6.58. The summed E-state index contributed by atoms with van der Waals surface area (Å²) in [4.78, 5) is 0. The summed E-state index contributed by atoms with van der Waals surface area (Å²) in [7, 11) is -6.59. The van der Waals surface area contributed by atoms with Gasteiger partial charge < -0.3 is 28.3 Å². The van der Waals surface area contributed by atoms with Crippen molar-refractivity contribution in [1.82, 2.24) is 14.9 Å². The molecule has 1 unspecified atom stereocenters. The van der Waals surface area contributed by atoms with Crippen molar-refractivity contribution in [3.63, 3.8) is 0 Å². The van der Waals surface area contributed by atoms with Gasteiger partial charge in [-0.05, 0) is 57.6 Å². The van der Waals surface area contributed by atoms with Crippen LogP contribution in [0.5, 0.6) is 5.75 Å². The van der Waals surface area contributed by atoms with Gasteiger partial charge in [-0.2, -0.15) is 5.10 Å². The van der Waals surface area contributed by atoms with Gasteiger partial charge in [-0.3, -0.25) is 14.2 Å². The van der Waals surface area contributed by atoms with Gasteiger partial charge in [0.05, 0.1) is 39.6 Å². The standard InChI is InChI=1S/C19H32N4O7P2S/c1-6-27-31(24,28-7-2)18(32(25,29-8-3)30-9-4)17(22-23-14-20-21-19(23)33)15-10-12-16(26-5)13-11-15/h10-14,17-18,22H,6-9H2,1-5H3,(H,21,33). The lowest BCUT2D eigenvalue weighted by atomic mass is 10.1. The minimum absolute atomic E-state index is 0.0620. The van der Waals surface area contributed by atoms with Crippen LogP contribution in [0.3, 0.4) is 0 Å². The Labute approximate surface area is 199 Å². The van der Waals surface area contributed by atoms with Gasteiger partial charge >= 0.3 is 15.2 Å². The van der Waals surface area contributed by atoms with Crippen LogP contribution >= 0.6 is 27.4 Å². The Balaban J connectivity index is 2.78. The minimum atomic E-state index is -4.07. The molecule has 0 fully saturated rings. The van der Waals surface area contributed by atoms with Crippen LogP contribution < -0.4 is 10.2 Å². The number of nitrogens with zero attached hydrogens (tertiary/aromatic N) is 2. The Bertz CT molecular complexity index is 964. The highest BCUT2D eigenvalue weighted by atomic mass is 32.1. The summed E-state index contributed by atoms with van der Waals surface area (Å²) in [5.41, 5.74) is 3.74. The van der Waals surface area contributed by atoms with Crippen molar-refractivity contribution in [3.8, 4) is 5.75 Å². The van der Waals surface area contributed by atoms with Crippen molar-refractivity contribution in [2.75, 3.05) is 39.0 Å². The van der Waals surface area contributed by atoms with E-state index in [0.717, 1.165) is 0 Å². The highest BCUT2D eigenvalue weighted by Gasteiger charge is 2.56. The van der Waals surface area contributed by atoms with Crippen molar-refractivity contribution in [2.45, 2.75) is 39.1 Å². The predicted octanol–water partition coefficient (Wildman–Crippen LogP) is 5.09. The first kappa shape index (κ1) is 27.7. The van der Waals surface area contributed by atoms with E-state index >= 15 is 0 Å². The maximum atomic E-state index is 14.2. The van der Waals surface area contributed by atoms with Crippen LogP contribution in [0, 0.1) is 4.77 Å². The lowest BCUT2D eigenvalue weighted by molar-refractivity contribution is 0.191. The lowest BCUT2D eigenvalue weighted by Crippen LogP contribution is -2.33. The highest BCUT2D eigenvalue weighted by molar-refractivity contribution is 7.72. The van der Waals surface area contributed by atoms with Gasteiger partial charge in [-0.25, -0.2) is 4.68 Å². The number of methoxy groups -OCH3 is 1. The molecule has 186 valence electrons. The summed E-state index contributed by atoms with van der Waals surface area (Å²) in [5, 5.41) is 5.19. The van der Waals surface area contributed by atoms with E-state index in [4.69, 9.17) is 35.0 Å². The molecule has 33 heavy (non-hydrogen) atoms. The Hall–Kier alpha value is -1.52. The molecule has 1 atom stereocenters. The summed E-state index contributed by atoms with van der Waals surface area (Å²) in [5.74, 6) is 0.615. The van der Waals surface area contributed by atoms with Crippen LogP contribution in [0.4, 0.5) is 0 Å². The number of aromatic nitrogens is 3. The van der Waals surface area contributed by atoms with Gasteiger partial charge in [0.2, 0.25) is 4.77 Å². The molecule has 0 spiro atoms. The van der Waals surface area contributed by atoms with Gasteiger partial charge in [-0.15, -0.1) is 0 Å². The minimum Gasteiger partial charge on any atom is -0.497 e. The van der Waals surface area contributed by atoms with Crippen LogP contribution in [-0.4, -0.2) is 53.8 Å². The molecule has 0 amide bonds. The van der Waals surface area contributed by atoms with Gasteiger partial charge in [0.25, 0.3) is 0 Å². The first-order valence-electron chi connectivity index (χ1n) is 10.6. The van der Waals surface area contributed by atoms with Crippen LogP contribution in [0.2, 0.25) is 0 Å². The van der Waals surface area contributed by atoms with E-state index < -0.39 is 26.6 Å². The molecule has 0 bridgehead atoms. The first-order valence-corrected chi connectivity index (χ1v) is 14.2. The fourth-order valence-electron chi connectivity index (χ4n) is 3.25. The molecule has 2 aromatic rings. The molecule has 1 aromatic heterocycles. The number of benzene rings is 1. The van der Waals surface area contributed by atoms with Gasteiger partial charge in [0.1, 0.15) is 12.1 Å². The van der Waals surface area contributed by atoms with Crippen molar-refractivity contribution in [2.24, 2.45) is 0 Å². The maximum Gasteiger partial charge on any atom is 0.348 e. The average Bonchev–Trinajstić information content (AvgIpc) is 3.18. The molecule has 0 aliphatic carbocycles. The summed E-state index contributed by atoms with van der Waals surface area (Å²) in [6.07, 6.45) is 1.41. The third-order valence-corrected chi connectivity index (χ3v) is 10.8. The second kappa shape index (κ2) is 12.8. The fourth-order valence-corrected chi connectivity index (χ4v) is 9.00. The zero-order valence-corrected chi connectivity index (χ0v) is 22.0. The van der Waals surface area contributed by atoms with Crippen LogP contribution in [-0.2, 0) is 27.2 Å². The van der Waals surface area contributed by atoms with Crippen LogP contribution in [0.15, 0.2) is 30.6 Å². The van der Waals surface area contributed by atoms with Crippen molar-refractivity contribution < 1.29 is 32.0 Å². The van der Waals surface area contributed by atoms with Gasteiger partial charge in [-0.1, -0.05) is 12.1 Å². The van der Waals surface area contributed by atoms with Crippen LogP contribution in [0.1, 0.15) is 39.3 Å². The quantitative estimate of drug-likeness (QED) is 0.241. The van der Waals surface area contributed by atoms with E-state index in [-0.39, 0.29) is 31.2 Å². The summed E-state index contributed by atoms with van der Waals surface area (Å²) in [6, 6.07) is 6.02. The molecule has 0 aliphatic rings. The van der Waals surface area contributed by atoms with E-state index in [9.17, 15) is 9.13 Å². The molecule has 0 radical (unpaired) electrons. The summed E-state index contributed by atoms with van der Waals surface area (Å²) in [6.45, 7) is 6.96. The number of aromatic amines is 1. The Kier molecular flexibility index (Phi) is 10.8. The monoisotopic (exact) mass is 522 g/mol. The number of rotatable bonds is 15. The molecule has 14 heteroatoms. The third kappa shape index (κ3) is 6.76. The predicted molar refractivity (Wildman–Crippen MR) is 128 cm³/mol. The SMILES string of the molecule is CCOP(=O)(OCC)C(C(Nn1cn[nH]c1=S)c1ccc(OC)cc1)P(=O)(OCC)OCC. The number of H-pyrrole nitrogens is 1. The number of hydrogen-bond donors (Lipinski definition) is 2. The zero-order chi connectivity index (χ0) is 24.5. The van der Waals surface area contributed by atoms with E-state index in [1.165, 1.54) is 11.0 Å². The Morgan fingerprint density at radius 1 is 0.970 bits per heavy atom. The smallest absolute Gasteiger partial charge is 0.348 e. The van der Waals surface area contributed by atoms with E-state index in [0.29, 0.717) is 11.3 Å². The molecule has 1 aromatic carbocycles. The number of ether oxygens (including phenoxy) is 1. The molecular formula is C19H32N4O7P2S. The van der Waals surface area contributed by atoms with Gasteiger partial charge in [0.15, 0.2) is 5.40 Å². The molecule has 0 aliphatic heterocycles. The maximum absolute atomic E-state index is 14.2. The largest absolute Gasteiger partial charge is 0.497 e. The highest BCUT2D eigenvalue weighted by Crippen LogP contribution is 2.73. The molecule has 2 rings (SSSR count). The van der Waals surface area contributed by atoms with Crippen molar-refractivity contribution >= 4 is 27.4 Å².